The van der Waals surface area contributed by atoms with Gasteiger partial charge in [-0.2, -0.15) is 0 Å². The number of hydrogen-bond acceptors (Lipinski definition) is 8. The van der Waals surface area contributed by atoms with Crippen molar-refractivity contribution in [3.05, 3.63) is 0 Å². The number of hydrogen-bond donors (Lipinski definition) is 4. The van der Waals surface area contributed by atoms with E-state index >= 15 is 0 Å². The van der Waals surface area contributed by atoms with Gasteiger partial charge in [-0.05, 0) is 247 Å². The Hall–Kier alpha value is 0.400. The van der Waals surface area contributed by atoms with Crippen LogP contribution in [0.25, 0.3) is 0 Å². The van der Waals surface area contributed by atoms with Crippen LogP contribution >= 0.6 is 92.8 Å². The Kier molecular flexibility index (Phi) is 20.9. The number of nitrogens with zero attached hydrogens (tertiary/aromatic N) is 4. The third-order valence-electron chi connectivity index (χ3n) is 20.1. The van der Waals surface area contributed by atoms with Crippen LogP contribution in [0.5, 0.6) is 0 Å². The van der Waals surface area contributed by atoms with Crippen molar-refractivity contribution in [1.82, 2.24) is 0 Å². The van der Waals surface area contributed by atoms with Crippen molar-refractivity contribution >= 4 is 116 Å². The number of halogens is 4. The fourth-order valence-electron chi connectivity index (χ4n) is 19.6. The zero-order valence-corrected chi connectivity index (χ0v) is 48.0. The first-order chi connectivity index (χ1) is 30.9. The van der Waals surface area contributed by atoms with Crippen molar-refractivity contribution < 1.29 is 5.48 Å². The van der Waals surface area contributed by atoms with Gasteiger partial charge in [0, 0.05) is 26.2 Å². The van der Waals surface area contributed by atoms with E-state index in [0.29, 0.717) is 21.7 Å². The quantitative estimate of drug-likeness (QED) is 0.0452. The third-order valence-corrected chi connectivity index (χ3v) is 24.5. The largest absolute Gasteiger partial charge is 0.412 e. The first-order valence-corrected chi connectivity index (χ1v) is 31.5. The highest BCUT2D eigenvalue weighted by Gasteiger charge is 2.54. The van der Waals surface area contributed by atoms with Gasteiger partial charge in [-0.25, -0.2) is 0 Å². The Morgan fingerprint density at radius 1 is 0.290 bits per heavy atom. The summed E-state index contributed by atoms with van der Waals surface area (Å²) in [5.41, 5.74) is 27.2. The molecule has 0 atom stereocenters. The molecule has 0 saturated heterocycles. The molecule has 9 nitrogen and oxygen atoms in total. The molecule has 69 heavy (non-hydrogen) atoms. The lowest BCUT2D eigenvalue weighted by Crippen LogP contribution is -2.47. The molecule has 396 valence electrons. The zero-order valence-electron chi connectivity index (χ0n) is 41.4. The summed E-state index contributed by atoms with van der Waals surface area (Å²) < 4.78 is 0. The van der Waals surface area contributed by atoms with Crippen LogP contribution in [0.3, 0.4) is 0 Å². The van der Waals surface area contributed by atoms with Crippen LogP contribution < -0.4 is 22.9 Å². The van der Waals surface area contributed by atoms with Gasteiger partial charge in [0.1, 0.15) is 23.3 Å². The summed E-state index contributed by atoms with van der Waals surface area (Å²) in [6.45, 7) is 3.90. The fraction of sp³-hybridized carbons (Fsp3) is 0.923. The molecule has 0 heterocycles. The minimum Gasteiger partial charge on any atom is -0.412 e. The molecule has 16 aliphatic carbocycles. The number of amidine groups is 4. The summed E-state index contributed by atoms with van der Waals surface area (Å²) in [6.07, 6.45) is 34.9. The maximum absolute atomic E-state index is 6.30. The predicted molar refractivity (Wildman–Crippen MR) is 311 cm³/mol. The van der Waals surface area contributed by atoms with Crippen LogP contribution in [0, 0.1) is 92.7 Å². The molecule has 0 unspecified atom stereocenters. The topological polar surface area (TPSA) is 185 Å². The first kappa shape index (κ1) is 58.7. The van der Waals surface area contributed by atoms with Gasteiger partial charge < -0.3 is 28.4 Å². The van der Waals surface area contributed by atoms with E-state index < -0.39 is 0 Å². The Morgan fingerprint density at radius 2 is 0.420 bits per heavy atom. The summed E-state index contributed by atoms with van der Waals surface area (Å²) in [5.74, 6) is 18.4. The molecule has 16 bridgehead atoms. The van der Waals surface area contributed by atoms with Crippen LogP contribution in [0.1, 0.15) is 154 Å². The van der Waals surface area contributed by atoms with Gasteiger partial charge >= 0.3 is 0 Å². The van der Waals surface area contributed by atoms with E-state index in [1.54, 1.807) is 43.2 Å². The van der Waals surface area contributed by atoms with Crippen molar-refractivity contribution in [2.45, 2.75) is 154 Å². The second kappa shape index (κ2) is 24.6. The molecule has 0 radical (unpaired) electrons. The highest BCUT2D eigenvalue weighted by Crippen LogP contribution is 2.63. The van der Waals surface area contributed by atoms with Crippen LogP contribution in [0.4, 0.5) is 0 Å². The summed E-state index contributed by atoms with van der Waals surface area (Å²) in [7, 11) is 7.17. The standard InChI is InChI=1S/2C26H42N4S2.4ClH.H2O/c2*27-23(29-15-25-7-17-1-18(8-25)3-19(2-17)9-25)13-31-32-14-24(28)30-16-26-10-20-4-21(11-26)6-22(5-20)12-26;;;;;/h2*17-22H,1-16H2,(H2,27,29)(H2,28,30);4*1H;1H2. The van der Waals surface area contributed by atoms with Gasteiger partial charge in [-0.1, -0.05) is 43.2 Å². The fourth-order valence-corrected chi connectivity index (χ4v) is 23.2. The van der Waals surface area contributed by atoms with E-state index in [2.05, 4.69) is 0 Å². The molecule has 0 aromatic rings. The van der Waals surface area contributed by atoms with Crippen LogP contribution in [0.15, 0.2) is 20.0 Å². The number of nitrogens with two attached hydrogens (primary N) is 4. The van der Waals surface area contributed by atoms with E-state index in [0.717, 1.165) is 144 Å². The second-order valence-electron chi connectivity index (χ2n) is 25.9. The lowest BCUT2D eigenvalue weighted by molar-refractivity contribution is -0.0466. The van der Waals surface area contributed by atoms with Crippen LogP contribution in [-0.2, 0) is 0 Å². The first-order valence-electron chi connectivity index (χ1n) is 26.6. The highest BCUT2D eigenvalue weighted by atomic mass is 35.5. The van der Waals surface area contributed by atoms with E-state index in [-0.39, 0.29) is 55.1 Å². The Balaban J connectivity index is 0.000000211. The molecule has 10 N–H and O–H groups in total. The maximum Gasteiger partial charge on any atom is 0.105 e. The van der Waals surface area contributed by atoms with Gasteiger partial charge in [0.15, 0.2) is 0 Å². The minimum atomic E-state index is 0. The molecule has 16 saturated carbocycles. The molecule has 0 aromatic carbocycles. The summed E-state index contributed by atoms with van der Waals surface area (Å²) in [6, 6.07) is 0. The van der Waals surface area contributed by atoms with E-state index in [1.807, 2.05) is 0 Å². The minimum absolute atomic E-state index is 0. The van der Waals surface area contributed by atoms with Crippen molar-refractivity contribution in [2.24, 2.45) is 136 Å². The molecule has 16 rings (SSSR count). The van der Waals surface area contributed by atoms with Crippen molar-refractivity contribution in [2.75, 3.05) is 49.2 Å². The normalized spacial score (nSPS) is 43.5. The molecule has 0 amide bonds. The molecule has 0 aliphatic heterocycles. The predicted octanol–water partition coefficient (Wildman–Crippen LogP) is 11.9. The number of rotatable bonds is 18. The summed E-state index contributed by atoms with van der Waals surface area (Å²) >= 11 is 0. The molecule has 16 fully saturated rings. The van der Waals surface area contributed by atoms with E-state index in [4.69, 9.17) is 42.9 Å². The smallest absolute Gasteiger partial charge is 0.105 e. The third kappa shape index (κ3) is 14.1. The van der Waals surface area contributed by atoms with Crippen molar-refractivity contribution in [1.29, 1.82) is 0 Å². The van der Waals surface area contributed by atoms with Gasteiger partial charge in [0.05, 0.1) is 23.0 Å². The number of aliphatic imine (C=N–C) groups is 4. The molecule has 17 heteroatoms. The zero-order chi connectivity index (χ0) is 43.5. The van der Waals surface area contributed by atoms with E-state index in [1.165, 1.54) is 154 Å². The van der Waals surface area contributed by atoms with Gasteiger partial charge in [-0.15, -0.1) is 49.6 Å². The Bertz CT molecular complexity index is 1440. The van der Waals surface area contributed by atoms with Crippen LogP contribution in [0.2, 0.25) is 0 Å². The van der Waals surface area contributed by atoms with Crippen molar-refractivity contribution in [3.63, 3.8) is 0 Å². The average Bonchev–Trinajstić information content (AvgIpc) is 3.22. The molecular formula is C52H90Cl4N8OS4. The summed E-state index contributed by atoms with van der Waals surface area (Å²) in [4.78, 5) is 19.5. The monoisotopic (exact) mass is 1110 g/mol. The van der Waals surface area contributed by atoms with Crippen LogP contribution in [-0.4, -0.2) is 78.0 Å². The summed E-state index contributed by atoms with van der Waals surface area (Å²) in [5, 5.41) is 0. The lowest BCUT2D eigenvalue weighted by atomic mass is 9.49. The van der Waals surface area contributed by atoms with E-state index in [9.17, 15) is 0 Å². The molecular weight excluding hydrogens is 1020 g/mol. The Morgan fingerprint density at radius 3 is 0.551 bits per heavy atom. The molecule has 16 aliphatic rings. The average molecular weight is 1110 g/mol. The van der Waals surface area contributed by atoms with Gasteiger partial charge in [-0.3, -0.25) is 20.0 Å². The maximum atomic E-state index is 6.30. The molecule has 0 aromatic heterocycles. The van der Waals surface area contributed by atoms with Gasteiger partial charge in [0.2, 0.25) is 0 Å². The van der Waals surface area contributed by atoms with Crippen molar-refractivity contribution in [3.8, 4) is 0 Å². The van der Waals surface area contributed by atoms with Gasteiger partial charge in [0.25, 0.3) is 0 Å². The second-order valence-corrected chi connectivity index (χ2v) is 30.9. The SMILES string of the molecule is Cl.Cl.Cl.Cl.NC(CSSCC(N)=NCC12CC3CC(CC(C3)C1)C2)=NCC12CC3CC(CC(C3)C1)C2.NC(CSSCC(N)=NCC12CC3CC(CC(C3)C1)C2)=NCC12CC3CC(CC(C3)C1)C2.O. The lowest BCUT2D eigenvalue weighted by Gasteiger charge is -2.56. The molecule has 0 spiro atoms. The highest BCUT2D eigenvalue weighted by molar-refractivity contribution is 8.77. The Labute approximate surface area is 457 Å².